The van der Waals surface area contributed by atoms with Gasteiger partial charge in [0.2, 0.25) is 0 Å². The molecule has 0 bridgehead atoms. The van der Waals surface area contributed by atoms with Crippen molar-refractivity contribution in [3.63, 3.8) is 0 Å². The van der Waals surface area contributed by atoms with Crippen LogP contribution < -0.4 is 4.74 Å². The molecule has 0 aliphatic heterocycles. The van der Waals surface area contributed by atoms with Crippen molar-refractivity contribution < 1.29 is 17.9 Å². The van der Waals surface area contributed by atoms with Gasteiger partial charge in [-0.1, -0.05) is 30.3 Å². The molecule has 0 heterocycles. The summed E-state index contributed by atoms with van der Waals surface area (Å²) in [5.41, 5.74) is 0.862. The second kappa shape index (κ2) is 6.16. The van der Waals surface area contributed by atoms with Gasteiger partial charge in [0.05, 0.1) is 12.0 Å². The predicted octanol–water partition coefficient (Wildman–Crippen LogP) is 2.98. The van der Waals surface area contributed by atoms with Crippen molar-refractivity contribution in [3.8, 4) is 5.75 Å². The third kappa shape index (κ3) is 2.88. The van der Waals surface area contributed by atoms with E-state index < -0.39 is 15.1 Å². The largest absolute Gasteiger partial charge is 0.497 e. The summed E-state index contributed by atoms with van der Waals surface area (Å²) < 4.78 is 30.9. The van der Waals surface area contributed by atoms with Crippen molar-refractivity contribution in [1.29, 1.82) is 0 Å². The Hall–Kier alpha value is -2.14. The van der Waals surface area contributed by atoms with Gasteiger partial charge in [-0.15, -0.1) is 0 Å². The molecule has 3 rings (SSSR count). The maximum absolute atomic E-state index is 12.9. The zero-order valence-corrected chi connectivity index (χ0v) is 13.6. The van der Waals surface area contributed by atoms with Crippen LogP contribution in [0.15, 0.2) is 59.5 Å². The molecule has 0 saturated heterocycles. The Balaban J connectivity index is 2.00. The molecular weight excluding hydrogens is 312 g/mol. The summed E-state index contributed by atoms with van der Waals surface area (Å²) in [6.07, 6.45) is 0.856. The van der Waals surface area contributed by atoms with Crippen LogP contribution in [-0.2, 0) is 14.6 Å². The van der Waals surface area contributed by atoms with Crippen LogP contribution in [0, 0.1) is 0 Å². The van der Waals surface area contributed by atoms with Crippen LogP contribution >= 0.6 is 0 Å². The number of Topliss-reactive ketones (excluding diaryl/α,β-unsaturated/α-hetero) is 1. The third-order valence-corrected chi connectivity index (χ3v) is 6.52. The van der Waals surface area contributed by atoms with Crippen molar-refractivity contribution >= 4 is 15.6 Å². The highest BCUT2D eigenvalue weighted by molar-refractivity contribution is 7.92. The highest BCUT2D eigenvalue weighted by Gasteiger charge is 2.45. The summed E-state index contributed by atoms with van der Waals surface area (Å²) in [6.45, 7) is 0. The van der Waals surface area contributed by atoms with Crippen LogP contribution in [0.2, 0.25) is 0 Å². The highest BCUT2D eigenvalue weighted by Crippen LogP contribution is 2.39. The second-order valence-electron chi connectivity index (χ2n) is 5.66. The molecule has 1 saturated carbocycles. The molecule has 2 aromatic rings. The molecule has 0 aromatic heterocycles. The number of hydrogen-bond acceptors (Lipinski definition) is 4. The van der Waals surface area contributed by atoms with Gasteiger partial charge < -0.3 is 4.74 Å². The summed E-state index contributed by atoms with van der Waals surface area (Å²) in [5, 5.41) is -1.00. The van der Waals surface area contributed by atoms with E-state index in [4.69, 9.17) is 4.74 Å². The van der Waals surface area contributed by atoms with E-state index in [0.29, 0.717) is 18.6 Å². The van der Waals surface area contributed by atoms with Crippen LogP contribution in [-0.4, -0.2) is 26.6 Å². The molecule has 0 N–H and O–H groups in total. The van der Waals surface area contributed by atoms with Gasteiger partial charge in [0, 0.05) is 12.3 Å². The molecule has 4 nitrogen and oxygen atoms in total. The van der Waals surface area contributed by atoms with Crippen LogP contribution in [0.1, 0.15) is 24.3 Å². The molecule has 120 valence electrons. The standard InChI is InChI=1S/C18H18O4S/c1-22-14-9-7-13(8-10-14)16-11-12-17(19)18(16)23(20,21)15-5-3-2-4-6-15/h2-10,16,18H,11-12H2,1H3/t16-,18-/m0/s1. The maximum atomic E-state index is 12.9. The van der Waals surface area contributed by atoms with Crippen molar-refractivity contribution in [1.82, 2.24) is 0 Å². The quantitative estimate of drug-likeness (QED) is 0.865. The minimum absolute atomic E-state index is 0.199. The van der Waals surface area contributed by atoms with Gasteiger partial charge >= 0.3 is 0 Å². The number of rotatable bonds is 4. The van der Waals surface area contributed by atoms with Crippen molar-refractivity contribution in [2.75, 3.05) is 7.11 Å². The maximum Gasteiger partial charge on any atom is 0.188 e. The van der Waals surface area contributed by atoms with Gasteiger partial charge in [-0.05, 0) is 36.2 Å². The van der Waals surface area contributed by atoms with Gasteiger partial charge in [-0.3, -0.25) is 4.79 Å². The average Bonchev–Trinajstić information content (AvgIpc) is 2.98. The molecule has 5 heteroatoms. The SMILES string of the molecule is COc1ccc([C@@H]2CCC(=O)[C@H]2S(=O)(=O)c2ccccc2)cc1. The van der Waals surface area contributed by atoms with Gasteiger partial charge in [-0.25, -0.2) is 8.42 Å². The molecule has 0 unspecified atom stereocenters. The summed E-state index contributed by atoms with van der Waals surface area (Å²) >= 11 is 0. The highest BCUT2D eigenvalue weighted by atomic mass is 32.2. The molecule has 0 spiro atoms. The molecular formula is C18H18O4S. The van der Waals surface area contributed by atoms with E-state index in [1.54, 1.807) is 49.6 Å². The summed E-state index contributed by atoms with van der Waals surface area (Å²) in [6, 6.07) is 15.5. The molecule has 1 aliphatic rings. The van der Waals surface area contributed by atoms with E-state index in [-0.39, 0.29) is 16.6 Å². The minimum atomic E-state index is -3.68. The molecule has 2 atom stereocenters. The monoisotopic (exact) mass is 330 g/mol. The van der Waals surface area contributed by atoms with Gasteiger partial charge in [0.1, 0.15) is 11.0 Å². The van der Waals surface area contributed by atoms with Crippen LogP contribution in [0.5, 0.6) is 5.75 Å². The van der Waals surface area contributed by atoms with E-state index in [9.17, 15) is 13.2 Å². The van der Waals surface area contributed by atoms with E-state index in [1.165, 1.54) is 0 Å². The first-order valence-corrected chi connectivity index (χ1v) is 9.04. The first-order valence-electron chi connectivity index (χ1n) is 7.49. The Bertz CT molecular complexity index is 795. The molecule has 0 amide bonds. The minimum Gasteiger partial charge on any atom is -0.497 e. The lowest BCUT2D eigenvalue weighted by atomic mass is 9.97. The van der Waals surface area contributed by atoms with Crippen LogP contribution in [0.25, 0.3) is 0 Å². The number of ether oxygens (including phenoxy) is 1. The molecule has 2 aromatic carbocycles. The van der Waals surface area contributed by atoms with E-state index >= 15 is 0 Å². The van der Waals surface area contributed by atoms with E-state index in [0.717, 1.165) is 5.56 Å². The zero-order valence-electron chi connectivity index (χ0n) is 12.8. The molecule has 1 fully saturated rings. The fourth-order valence-corrected chi connectivity index (χ4v) is 5.17. The predicted molar refractivity (Wildman–Crippen MR) is 87.4 cm³/mol. The summed E-state index contributed by atoms with van der Waals surface area (Å²) in [5.74, 6) is 0.203. The third-order valence-electron chi connectivity index (χ3n) is 4.33. The number of carbonyl (C=O) groups is 1. The van der Waals surface area contributed by atoms with Gasteiger partial charge in [-0.2, -0.15) is 0 Å². The number of carbonyl (C=O) groups excluding carboxylic acids is 1. The Labute approximate surface area is 136 Å². The lowest BCUT2D eigenvalue weighted by Gasteiger charge is -2.19. The first kappa shape index (κ1) is 15.7. The van der Waals surface area contributed by atoms with Gasteiger partial charge in [0.25, 0.3) is 0 Å². The Kier molecular flexibility index (Phi) is 4.22. The van der Waals surface area contributed by atoms with Crippen LogP contribution in [0.4, 0.5) is 0 Å². The molecule has 1 aliphatic carbocycles. The van der Waals surface area contributed by atoms with Gasteiger partial charge in [0.15, 0.2) is 15.6 Å². The lowest BCUT2D eigenvalue weighted by Crippen LogP contribution is -2.30. The number of benzene rings is 2. The number of methoxy groups -OCH3 is 1. The fourth-order valence-electron chi connectivity index (χ4n) is 3.15. The number of ketones is 1. The Morgan fingerprint density at radius 2 is 1.65 bits per heavy atom. The second-order valence-corrected chi connectivity index (χ2v) is 7.73. The zero-order chi connectivity index (χ0) is 16.4. The van der Waals surface area contributed by atoms with Crippen molar-refractivity contribution in [3.05, 3.63) is 60.2 Å². The lowest BCUT2D eigenvalue weighted by molar-refractivity contribution is -0.117. The Morgan fingerprint density at radius 3 is 2.26 bits per heavy atom. The molecule has 23 heavy (non-hydrogen) atoms. The number of sulfone groups is 1. The van der Waals surface area contributed by atoms with E-state index in [1.807, 2.05) is 12.1 Å². The smallest absolute Gasteiger partial charge is 0.188 e. The number of hydrogen-bond donors (Lipinski definition) is 0. The first-order chi connectivity index (χ1) is 11.0. The fraction of sp³-hybridized carbons (Fsp3) is 0.278. The topological polar surface area (TPSA) is 60.4 Å². The van der Waals surface area contributed by atoms with Crippen molar-refractivity contribution in [2.24, 2.45) is 0 Å². The summed E-state index contributed by atoms with van der Waals surface area (Å²) in [7, 11) is -2.10. The normalized spacial score (nSPS) is 21.3. The molecule has 0 radical (unpaired) electrons. The van der Waals surface area contributed by atoms with Crippen molar-refractivity contribution in [2.45, 2.75) is 28.9 Å². The summed E-state index contributed by atoms with van der Waals surface area (Å²) in [4.78, 5) is 12.5. The van der Waals surface area contributed by atoms with E-state index in [2.05, 4.69) is 0 Å². The average molecular weight is 330 g/mol. The van der Waals surface area contributed by atoms with Crippen LogP contribution in [0.3, 0.4) is 0 Å². The Morgan fingerprint density at radius 1 is 1.00 bits per heavy atom.